The quantitative estimate of drug-likeness (QED) is 0.743. The average molecular weight is 190 g/mol. The van der Waals surface area contributed by atoms with Crippen molar-refractivity contribution in [3.05, 3.63) is 30.7 Å². The molecule has 0 aliphatic heterocycles. The molecule has 2 rings (SSSR count). The van der Waals surface area contributed by atoms with Crippen molar-refractivity contribution >= 4 is 0 Å². The van der Waals surface area contributed by atoms with Crippen LogP contribution < -0.4 is 4.74 Å². The van der Waals surface area contributed by atoms with Crippen molar-refractivity contribution in [2.45, 2.75) is 6.92 Å². The van der Waals surface area contributed by atoms with Crippen LogP contribution in [0, 0.1) is 0 Å². The van der Waals surface area contributed by atoms with Crippen LogP contribution in [0.1, 0.15) is 6.92 Å². The summed E-state index contributed by atoms with van der Waals surface area (Å²) in [5.74, 6) is 1.39. The first-order chi connectivity index (χ1) is 6.90. The highest BCUT2D eigenvalue weighted by Crippen LogP contribution is 2.20. The minimum atomic E-state index is 0.576. The van der Waals surface area contributed by atoms with Crippen molar-refractivity contribution in [3.8, 4) is 17.1 Å². The SMILES string of the molecule is CCOc1cccc(-c2ncon2)c1. The predicted molar refractivity (Wildman–Crippen MR) is 50.9 cm³/mol. The topological polar surface area (TPSA) is 48.2 Å². The zero-order valence-corrected chi connectivity index (χ0v) is 7.80. The number of hydrogen-bond acceptors (Lipinski definition) is 4. The second-order valence-corrected chi connectivity index (χ2v) is 2.72. The molecule has 0 atom stereocenters. The first-order valence-corrected chi connectivity index (χ1v) is 4.39. The molecule has 1 aromatic heterocycles. The standard InChI is InChI=1S/C10H10N2O2/c1-2-13-9-5-3-4-8(6-9)10-11-7-14-12-10/h3-7H,2H2,1H3. The highest BCUT2D eigenvalue weighted by molar-refractivity contribution is 5.56. The van der Waals surface area contributed by atoms with Gasteiger partial charge in [0.1, 0.15) is 5.75 Å². The van der Waals surface area contributed by atoms with E-state index in [9.17, 15) is 0 Å². The van der Waals surface area contributed by atoms with Gasteiger partial charge >= 0.3 is 0 Å². The van der Waals surface area contributed by atoms with E-state index in [1.54, 1.807) is 0 Å². The number of hydrogen-bond donors (Lipinski definition) is 0. The minimum absolute atomic E-state index is 0.576. The van der Waals surface area contributed by atoms with Crippen molar-refractivity contribution in [2.24, 2.45) is 0 Å². The lowest BCUT2D eigenvalue weighted by Crippen LogP contribution is -1.91. The Balaban J connectivity index is 2.31. The molecule has 2 aromatic rings. The van der Waals surface area contributed by atoms with Crippen molar-refractivity contribution in [2.75, 3.05) is 6.61 Å². The van der Waals surface area contributed by atoms with E-state index in [1.807, 2.05) is 31.2 Å². The number of benzene rings is 1. The molecule has 0 bridgehead atoms. The van der Waals surface area contributed by atoms with Gasteiger partial charge in [0.05, 0.1) is 6.61 Å². The summed E-state index contributed by atoms with van der Waals surface area (Å²) >= 11 is 0. The maximum atomic E-state index is 5.36. The molecule has 0 fully saturated rings. The summed E-state index contributed by atoms with van der Waals surface area (Å²) in [4.78, 5) is 3.95. The van der Waals surface area contributed by atoms with Gasteiger partial charge in [-0.3, -0.25) is 0 Å². The van der Waals surface area contributed by atoms with Gasteiger partial charge in [0, 0.05) is 5.56 Å². The van der Waals surface area contributed by atoms with E-state index in [1.165, 1.54) is 6.39 Å². The zero-order valence-electron chi connectivity index (χ0n) is 7.80. The smallest absolute Gasteiger partial charge is 0.214 e. The normalized spacial score (nSPS) is 10.1. The zero-order chi connectivity index (χ0) is 9.80. The number of rotatable bonds is 3. The van der Waals surface area contributed by atoms with Crippen molar-refractivity contribution in [1.82, 2.24) is 10.1 Å². The molecule has 0 aliphatic rings. The number of ether oxygens (including phenoxy) is 1. The molecule has 72 valence electrons. The lowest BCUT2D eigenvalue weighted by atomic mass is 10.2. The van der Waals surface area contributed by atoms with Gasteiger partial charge in [0.15, 0.2) is 0 Å². The Bertz CT molecular complexity index is 398. The monoisotopic (exact) mass is 190 g/mol. The largest absolute Gasteiger partial charge is 0.494 e. The Morgan fingerprint density at radius 3 is 3.07 bits per heavy atom. The van der Waals surface area contributed by atoms with E-state index in [-0.39, 0.29) is 0 Å². The highest BCUT2D eigenvalue weighted by atomic mass is 16.5. The lowest BCUT2D eigenvalue weighted by Gasteiger charge is -2.02. The van der Waals surface area contributed by atoms with E-state index in [2.05, 4.69) is 14.7 Å². The molecule has 0 saturated carbocycles. The van der Waals surface area contributed by atoms with Gasteiger partial charge in [0.2, 0.25) is 12.2 Å². The van der Waals surface area contributed by atoms with Gasteiger partial charge in [-0.15, -0.1) is 0 Å². The second-order valence-electron chi connectivity index (χ2n) is 2.72. The van der Waals surface area contributed by atoms with Crippen LogP contribution in [-0.2, 0) is 0 Å². The number of aromatic nitrogens is 2. The summed E-state index contributed by atoms with van der Waals surface area (Å²) < 4.78 is 10.0. The summed E-state index contributed by atoms with van der Waals surface area (Å²) in [6.45, 7) is 2.59. The fourth-order valence-electron chi connectivity index (χ4n) is 1.19. The Morgan fingerprint density at radius 1 is 1.43 bits per heavy atom. The van der Waals surface area contributed by atoms with Crippen LogP contribution in [0.3, 0.4) is 0 Å². The summed E-state index contributed by atoms with van der Waals surface area (Å²) in [5, 5.41) is 3.75. The maximum absolute atomic E-state index is 5.36. The Morgan fingerprint density at radius 2 is 2.36 bits per heavy atom. The lowest BCUT2D eigenvalue weighted by molar-refractivity contribution is 0.340. The molecule has 0 spiro atoms. The van der Waals surface area contributed by atoms with Gasteiger partial charge in [-0.2, -0.15) is 4.98 Å². The van der Waals surface area contributed by atoms with E-state index in [0.717, 1.165) is 11.3 Å². The summed E-state index contributed by atoms with van der Waals surface area (Å²) in [7, 11) is 0. The Kier molecular flexibility index (Phi) is 2.44. The third-order valence-electron chi connectivity index (χ3n) is 1.76. The van der Waals surface area contributed by atoms with Gasteiger partial charge in [-0.25, -0.2) is 0 Å². The van der Waals surface area contributed by atoms with Crippen LogP contribution in [0.4, 0.5) is 0 Å². The van der Waals surface area contributed by atoms with E-state index in [0.29, 0.717) is 12.4 Å². The molecule has 0 amide bonds. The molecule has 1 aromatic carbocycles. The highest BCUT2D eigenvalue weighted by Gasteiger charge is 2.03. The third-order valence-corrected chi connectivity index (χ3v) is 1.76. The third kappa shape index (κ3) is 1.74. The second kappa shape index (κ2) is 3.91. The molecule has 0 N–H and O–H groups in total. The molecular weight excluding hydrogens is 180 g/mol. The maximum Gasteiger partial charge on any atom is 0.214 e. The van der Waals surface area contributed by atoms with Crippen LogP contribution in [0.5, 0.6) is 5.75 Å². The van der Waals surface area contributed by atoms with Crippen molar-refractivity contribution in [3.63, 3.8) is 0 Å². The first-order valence-electron chi connectivity index (χ1n) is 4.39. The summed E-state index contributed by atoms with van der Waals surface area (Å²) in [5.41, 5.74) is 0.893. The molecule has 4 nitrogen and oxygen atoms in total. The number of nitrogens with zero attached hydrogens (tertiary/aromatic N) is 2. The molecule has 0 saturated heterocycles. The summed E-state index contributed by atoms with van der Waals surface area (Å²) in [6, 6.07) is 7.59. The first kappa shape index (κ1) is 8.74. The molecule has 0 radical (unpaired) electrons. The van der Waals surface area contributed by atoms with E-state index >= 15 is 0 Å². The van der Waals surface area contributed by atoms with E-state index < -0.39 is 0 Å². The molecule has 0 aliphatic carbocycles. The van der Waals surface area contributed by atoms with Gasteiger partial charge in [0.25, 0.3) is 0 Å². The molecule has 1 heterocycles. The molecular formula is C10H10N2O2. The summed E-state index contributed by atoms with van der Waals surface area (Å²) in [6.07, 6.45) is 1.31. The fourth-order valence-corrected chi connectivity index (χ4v) is 1.19. The fraction of sp³-hybridized carbons (Fsp3) is 0.200. The molecule has 0 unspecified atom stereocenters. The van der Waals surface area contributed by atoms with Crippen LogP contribution >= 0.6 is 0 Å². The van der Waals surface area contributed by atoms with E-state index in [4.69, 9.17) is 4.74 Å². The van der Waals surface area contributed by atoms with Crippen LogP contribution in [-0.4, -0.2) is 16.7 Å². The molecule has 4 heteroatoms. The van der Waals surface area contributed by atoms with Gasteiger partial charge in [-0.1, -0.05) is 17.3 Å². The Labute approximate surface area is 81.5 Å². The Hall–Kier alpha value is -1.84. The minimum Gasteiger partial charge on any atom is -0.494 e. The molecule has 14 heavy (non-hydrogen) atoms. The van der Waals surface area contributed by atoms with Crippen molar-refractivity contribution in [1.29, 1.82) is 0 Å². The predicted octanol–water partition coefficient (Wildman–Crippen LogP) is 2.14. The van der Waals surface area contributed by atoms with Gasteiger partial charge in [-0.05, 0) is 19.1 Å². The van der Waals surface area contributed by atoms with Crippen LogP contribution in [0.25, 0.3) is 11.4 Å². The van der Waals surface area contributed by atoms with Crippen LogP contribution in [0.2, 0.25) is 0 Å². The average Bonchev–Trinajstić information content (AvgIpc) is 2.71. The van der Waals surface area contributed by atoms with Gasteiger partial charge < -0.3 is 9.26 Å². The van der Waals surface area contributed by atoms with Crippen LogP contribution in [0.15, 0.2) is 35.2 Å². The van der Waals surface area contributed by atoms with Crippen molar-refractivity contribution < 1.29 is 9.26 Å².